The number of ether oxygens (including phenoxy) is 1. The highest BCUT2D eigenvalue weighted by Gasteiger charge is 2.18. The Morgan fingerprint density at radius 3 is 2.90 bits per heavy atom. The summed E-state index contributed by atoms with van der Waals surface area (Å²) >= 11 is 1.43. The van der Waals surface area contributed by atoms with Gasteiger partial charge in [0.15, 0.2) is 0 Å². The predicted molar refractivity (Wildman–Crippen MR) is 80.0 cm³/mol. The molecule has 0 fully saturated rings. The van der Waals surface area contributed by atoms with Crippen LogP contribution in [-0.2, 0) is 21.3 Å². The van der Waals surface area contributed by atoms with E-state index in [0.29, 0.717) is 13.2 Å². The average molecular weight is 317 g/mol. The molecule has 1 N–H and O–H groups in total. The van der Waals surface area contributed by atoms with Crippen LogP contribution in [0.2, 0.25) is 0 Å². The van der Waals surface area contributed by atoms with Crippen molar-refractivity contribution in [3.8, 4) is 11.8 Å². The van der Waals surface area contributed by atoms with Crippen molar-refractivity contribution in [2.45, 2.75) is 13.5 Å². The van der Waals surface area contributed by atoms with Gasteiger partial charge in [0, 0.05) is 20.2 Å². The molecule has 7 heteroatoms. The van der Waals surface area contributed by atoms with Gasteiger partial charge in [-0.2, -0.15) is 0 Å². The lowest BCUT2D eigenvalue weighted by atomic mass is 10.3. The topological polar surface area (TPSA) is 66.8 Å². The van der Waals surface area contributed by atoms with Gasteiger partial charge in [-0.1, -0.05) is 11.8 Å². The Labute approximate surface area is 124 Å². The first-order valence-corrected chi connectivity index (χ1v) is 8.67. The molecule has 1 heterocycles. The molecular weight excluding hydrogens is 298 g/mol. The van der Waals surface area contributed by atoms with Crippen molar-refractivity contribution in [1.29, 1.82) is 0 Å². The summed E-state index contributed by atoms with van der Waals surface area (Å²) in [6, 6.07) is 1.84. The maximum Gasteiger partial charge on any atom is 0.216 e. The molecule has 0 atom stereocenters. The number of hydrogen-bond donors (Lipinski definition) is 1. The van der Waals surface area contributed by atoms with Crippen molar-refractivity contribution >= 4 is 21.4 Å². The molecule has 0 unspecified atom stereocenters. The fraction of sp³-hybridized carbons (Fsp3) is 0.538. The summed E-state index contributed by atoms with van der Waals surface area (Å²) in [6.45, 7) is 2.68. The molecular formula is C13H19NO4S2. The highest BCUT2D eigenvalue weighted by atomic mass is 32.2. The van der Waals surface area contributed by atoms with Gasteiger partial charge in [0.25, 0.3) is 0 Å². The van der Waals surface area contributed by atoms with Crippen LogP contribution in [0, 0.1) is 11.8 Å². The van der Waals surface area contributed by atoms with Gasteiger partial charge in [0.05, 0.1) is 17.2 Å². The molecule has 0 aliphatic heterocycles. The van der Waals surface area contributed by atoms with Gasteiger partial charge in [-0.15, -0.1) is 11.3 Å². The lowest BCUT2D eigenvalue weighted by molar-refractivity contribution is 0.162. The van der Waals surface area contributed by atoms with Crippen molar-refractivity contribution in [3.05, 3.63) is 21.9 Å². The van der Waals surface area contributed by atoms with Crippen LogP contribution in [0.3, 0.4) is 0 Å². The summed E-state index contributed by atoms with van der Waals surface area (Å²) in [7, 11) is -1.75. The summed E-state index contributed by atoms with van der Waals surface area (Å²) in [5.41, 5.74) is 0.889. The lowest BCUT2D eigenvalue weighted by Crippen LogP contribution is -2.30. The number of sulfonamides is 1. The zero-order valence-corrected chi connectivity index (χ0v) is 13.3. The molecule has 1 aromatic rings. The summed E-state index contributed by atoms with van der Waals surface area (Å²) in [5, 5.41) is 10.5. The van der Waals surface area contributed by atoms with Crippen LogP contribution in [0.4, 0.5) is 0 Å². The monoisotopic (exact) mass is 317 g/mol. The van der Waals surface area contributed by atoms with Gasteiger partial charge >= 0.3 is 0 Å². The molecule has 1 rings (SSSR count). The van der Waals surface area contributed by atoms with Gasteiger partial charge in [0.2, 0.25) is 10.0 Å². The summed E-state index contributed by atoms with van der Waals surface area (Å²) < 4.78 is 30.3. The van der Waals surface area contributed by atoms with E-state index in [1.54, 1.807) is 7.05 Å². The molecule has 0 amide bonds. The first-order chi connectivity index (χ1) is 9.49. The molecule has 0 aliphatic carbocycles. The second kappa shape index (κ2) is 8.39. The number of rotatable bonds is 7. The van der Waals surface area contributed by atoms with E-state index < -0.39 is 10.0 Å². The molecule has 5 nitrogen and oxygen atoms in total. The standard InChI is InChI=1S/C13H19NO4S2/c1-3-18-7-8-20(16,17)14(2)10-12-9-13(19-11-12)5-4-6-15/h9,11,15H,3,6-8,10H2,1-2H3. The molecule has 0 aliphatic rings. The fourth-order valence-corrected chi connectivity index (χ4v) is 3.23. The number of aliphatic hydroxyl groups is 1. The Balaban J connectivity index is 2.60. The maximum atomic E-state index is 12.0. The van der Waals surface area contributed by atoms with Crippen LogP contribution in [0.5, 0.6) is 0 Å². The van der Waals surface area contributed by atoms with Crippen molar-refractivity contribution in [2.75, 3.05) is 32.6 Å². The summed E-state index contributed by atoms with van der Waals surface area (Å²) in [5.74, 6) is 5.35. The van der Waals surface area contributed by atoms with E-state index in [4.69, 9.17) is 9.84 Å². The van der Waals surface area contributed by atoms with Gasteiger partial charge in [-0.25, -0.2) is 12.7 Å². The lowest BCUT2D eigenvalue weighted by Gasteiger charge is -2.16. The smallest absolute Gasteiger partial charge is 0.216 e. The first kappa shape index (κ1) is 17.1. The fourth-order valence-electron chi connectivity index (χ4n) is 1.47. The number of hydrogen-bond acceptors (Lipinski definition) is 5. The van der Waals surface area contributed by atoms with Crippen LogP contribution in [0.15, 0.2) is 11.4 Å². The Morgan fingerprint density at radius 2 is 2.25 bits per heavy atom. The average Bonchev–Trinajstić information content (AvgIpc) is 2.84. The maximum absolute atomic E-state index is 12.0. The second-order valence-corrected chi connectivity index (χ2v) is 7.15. The molecule has 20 heavy (non-hydrogen) atoms. The van der Waals surface area contributed by atoms with Crippen LogP contribution >= 0.6 is 11.3 Å². The SMILES string of the molecule is CCOCCS(=O)(=O)N(C)Cc1csc(C#CCO)c1. The minimum atomic E-state index is -3.30. The third-order valence-electron chi connectivity index (χ3n) is 2.51. The van der Waals surface area contributed by atoms with Crippen molar-refractivity contribution in [2.24, 2.45) is 0 Å². The van der Waals surface area contributed by atoms with Crippen LogP contribution < -0.4 is 0 Å². The van der Waals surface area contributed by atoms with Gasteiger partial charge < -0.3 is 9.84 Å². The number of aliphatic hydroxyl groups excluding tert-OH is 1. The second-order valence-electron chi connectivity index (χ2n) is 4.05. The van der Waals surface area contributed by atoms with E-state index in [1.165, 1.54) is 15.6 Å². The molecule has 1 aromatic heterocycles. The molecule has 0 aromatic carbocycles. The van der Waals surface area contributed by atoms with Crippen molar-refractivity contribution in [1.82, 2.24) is 4.31 Å². The number of thiophene rings is 1. The Hall–Kier alpha value is -0.910. The van der Waals surface area contributed by atoms with Crippen LogP contribution in [0.1, 0.15) is 17.4 Å². The molecule has 0 saturated heterocycles. The number of nitrogens with zero attached hydrogens (tertiary/aromatic N) is 1. The minimum absolute atomic E-state index is 0.0152. The Morgan fingerprint density at radius 1 is 1.50 bits per heavy atom. The van der Waals surface area contributed by atoms with Gasteiger partial charge in [-0.05, 0) is 23.9 Å². The van der Waals surface area contributed by atoms with E-state index >= 15 is 0 Å². The van der Waals surface area contributed by atoms with Crippen LogP contribution in [-0.4, -0.2) is 50.5 Å². The van der Waals surface area contributed by atoms with Gasteiger partial charge in [-0.3, -0.25) is 0 Å². The Kier molecular flexibility index (Phi) is 7.19. The van der Waals surface area contributed by atoms with E-state index in [1.807, 2.05) is 18.4 Å². The van der Waals surface area contributed by atoms with E-state index in [-0.39, 0.29) is 19.0 Å². The summed E-state index contributed by atoms with van der Waals surface area (Å²) in [6.07, 6.45) is 0. The predicted octanol–water partition coefficient (Wildman–Crippen LogP) is 0.890. The summed E-state index contributed by atoms with van der Waals surface area (Å²) in [4.78, 5) is 0.814. The normalized spacial score (nSPS) is 11.4. The Bertz CT molecular complexity index is 569. The van der Waals surface area contributed by atoms with E-state index in [0.717, 1.165) is 10.4 Å². The molecule has 112 valence electrons. The zero-order chi connectivity index (χ0) is 15.0. The van der Waals surface area contributed by atoms with Crippen LogP contribution in [0.25, 0.3) is 0 Å². The third kappa shape index (κ3) is 5.61. The molecule has 0 saturated carbocycles. The van der Waals surface area contributed by atoms with Crippen molar-refractivity contribution < 1.29 is 18.3 Å². The minimum Gasteiger partial charge on any atom is -0.384 e. The molecule has 0 radical (unpaired) electrons. The van der Waals surface area contributed by atoms with Crippen molar-refractivity contribution in [3.63, 3.8) is 0 Å². The van der Waals surface area contributed by atoms with Gasteiger partial charge in [0.1, 0.15) is 6.61 Å². The van der Waals surface area contributed by atoms with E-state index in [2.05, 4.69) is 11.8 Å². The largest absolute Gasteiger partial charge is 0.384 e. The quantitative estimate of drug-likeness (QED) is 0.599. The first-order valence-electron chi connectivity index (χ1n) is 6.18. The highest BCUT2D eigenvalue weighted by Crippen LogP contribution is 2.16. The third-order valence-corrected chi connectivity index (χ3v) is 5.17. The van der Waals surface area contributed by atoms with E-state index in [9.17, 15) is 8.42 Å². The molecule has 0 bridgehead atoms. The highest BCUT2D eigenvalue weighted by molar-refractivity contribution is 7.89. The molecule has 0 spiro atoms. The zero-order valence-electron chi connectivity index (χ0n) is 11.6.